The largest absolute Gasteiger partial charge is 0.369 e. The molecule has 178 valence electrons. The van der Waals surface area contributed by atoms with Crippen LogP contribution in [0.4, 0.5) is 16.5 Å². The van der Waals surface area contributed by atoms with Crippen molar-refractivity contribution in [1.29, 1.82) is 0 Å². The molecule has 2 heterocycles. The molecule has 0 fully saturated rings. The Hall–Kier alpha value is -3.46. The Bertz CT molecular complexity index is 1150. The van der Waals surface area contributed by atoms with Crippen LogP contribution >= 0.6 is 11.3 Å². The number of tetrazole rings is 1. The maximum absolute atomic E-state index is 4.32. The number of H-pyrrole nitrogens is 1. The zero-order valence-corrected chi connectivity index (χ0v) is 20.9. The molecular formula is C25H32N8S. The SMILES string of the molecule is CC(C)CN(CC(C)C)c1ccc(-c2ccccc2-c2nn[nH]n2)cc1NCNc1nccs1. The first kappa shape index (κ1) is 23.7. The minimum absolute atomic E-state index is 0.554. The summed E-state index contributed by atoms with van der Waals surface area (Å²) < 4.78 is 0. The van der Waals surface area contributed by atoms with E-state index in [4.69, 9.17) is 0 Å². The second-order valence-corrected chi connectivity index (χ2v) is 9.97. The Morgan fingerprint density at radius 1 is 0.971 bits per heavy atom. The quantitative estimate of drug-likeness (QED) is 0.243. The van der Waals surface area contributed by atoms with Gasteiger partial charge in [0.2, 0.25) is 5.82 Å². The third kappa shape index (κ3) is 5.91. The summed E-state index contributed by atoms with van der Waals surface area (Å²) >= 11 is 1.59. The van der Waals surface area contributed by atoms with Gasteiger partial charge in [0, 0.05) is 30.2 Å². The number of aromatic amines is 1. The van der Waals surface area contributed by atoms with Crippen LogP contribution in [0.3, 0.4) is 0 Å². The number of benzene rings is 2. The molecule has 0 radical (unpaired) electrons. The summed E-state index contributed by atoms with van der Waals surface area (Å²) in [5.74, 6) is 1.69. The topological polar surface area (TPSA) is 94.7 Å². The summed E-state index contributed by atoms with van der Waals surface area (Å²) in [6.07, 6.45) is 1.81. The number of nitrogens with one attached hydrogen (secondary N) is 3. The van der Waals surface area contributed by atoms with E-state index in [1.54, 1.807) is 17.5 Å². The van der Waals surface area contributed by atoms with Crippen molar-refractivity contribution < 1.29 is 0 Å². The van der Waals surface area contributed by atoms with Crippen molar-refractivity contribution in [3.05, 3.63) is 54.0 Å². The number of rotatable bonds is 11. The zero-order valence-electron chi connectivity index (χ0n) is 20.1. The zero-order chi connectivity index (χ0) is 23.9. The molecule has 2 aromatic heterocycles. The molecule has 4 aromatic rings. The average Bonchev–Trinajstić information content (AvgIpc) is 3.53. The first-order valence-electron chi connectivity index (χ1n) is 11.6. The van der Waals surface area contributed by atoms with Crippen molar-refractivity contribution in [1.82, 2.24) is 25.6 Å². The molecule has 3 N–H and O–H groups in total. The average molecular weight is 477 g/mol. The van der Waals surface area contributed by atoms with Gasteiger partial charge in [0.25, 0.3) is 0 Å². The number of anilines is 3. The van der Waals surface area contributed by atoms with E-state index in [2.05, 4.69) is 93.1 Å². The van der Waals surface area contributed by atoms with Crippen LogP contribution in [0.5, 0.6) is 0 Å². The number of hydrogen-bond acceptors (Lipinski definition) is 8. The fraction of sp³-hybridized carbons (Fsp3) is 0.360. The third-order valence-corrected chi connectivity index (χ3v) is 6.01. The Balaban J connectivity index is 1.71. The molecule has 0 spiro atoms. The van der Waals surface area contributed by atoms with Crippen LogP contribution < -0.4 is 15.5 Å². The summed E-state index contributed by atoms with van der Waals surface area (Å²) in [6.45, 7) is 11.6. The maximum atomic E-state index is 4.32. The molecule has 8 nitrogen and oxygen atoms in total. The highest BCUT2D eigenvalue weighted by molar-refractivity contribution is 7.13. The van der Waals surface area contributed by atoms with Gasteiger partial charge in [-0.1, -0.05) is 58.0 Å². The number of aromatic nitrogens is 5. The van der Waals surface area contributed by atoms with E-state index in [1.807, 2.05) is 23.6 Å². The molecule has 34 heavy (non-hydrogen) atoms. The normalized spacial score (nSPS) is 11.2. The Labute approximate surface area is 204 Å². The monoisotopic (exact) mass is 476 g/mol. The van der Waals surface area contributed by atoms with Crippen molar-refractivity contribution in [2.75, 3.05) is 35.3 Å². The van der Waals surface area contributed by atoms with Crippen molar-refractivity contribution in [3.8, 4) is 22.5 Å². The van der Waals surface area contributed by atoms with E-state index >= 15 is 0 Å². The minimum atomic E-state index is 0.554. The van der Waals surface area contributed by atoms with Crippen molar-refractivity contribution >= 4 is 27.8 Å². The molecule has 0 aliphatic heterocycles. The Kier molecular flexibility index (Phi) is 7.74. The van der Waals surface area contributed by atoms with Gasteiger partial charge in [0.05, 0.1) is 18.0 Å². The fourth-order valence-corrected chi connectivity index (χ4v) is 4.53. The summed E-state index contributed by atoms with van der Waals surface area (Å²) in [6, 6.07) is 14.8. The van der Waals surface area contributed by atoms with Gasteiger partial charge in [-0.15, -0.1) is 21.5 Å². The molecule has 0 unspecified atom stereocenters. The van der Waals surface area contributed by atoms with Crippen LogP contribution in [0.25, 0.3) is 22.5 Å². The van der Waals surface area contributed by atoms with Gasteiger partial charge in [-0.3, -0.25) is 0 Å². The van der Waals surface area contributed by atoms with E-state index in [9.17, 15) is 0 Å². The second-order valence-electron chi connectivity index (χ2n) is 9.07. The van der Waals surface area contributed by atoms with E-state index < -0.39 is 0 Å². The lowest BCUT2D eigenvalue weighted by atomic mass is 9.98. The molecule has 9 heteroatoms. The van der Waals surface area contributed by atoms with E-state index in [0.717, 1.165) is 40.6 Å². The summed E-state index contributed by atoms with van der Waals surface area (Å²) in [7, 11) is 0. The molecule has 0 aliphatic rings. The predicted molar refractivity (Wildman–Crippen MR) is 141 cm³/mol. The van der Waals surface area contributed by atoms with Crippen LogP contribution in [-0.2, 0) is 0 Å². The molecule has 0 bridgehead atoms. The number of hydrogen-bond donors (Lipinski definition) is 3. The highest BCUT2D eigenvalue weighted by Crippen LogP contribution is 2.36. The standard InChI is InChI=1S/C25H32N8S/c1-17(2)14-33(15-18(3)4)23-10-9-19(13-22(23)27-16-28-25-26-11-12-34-25)20-7-5-6-8-21(20)24-29-31-32-30-24/h5-13,17-18,27H,14-16H2,1-4H3,(H,26,28)(H,29,30,31,32). The molecule has 0 saturated heterocycles. The molecule has 2 aromatic carbocycles. The van der Waals surface area contributed by atoms with Gasteiger partial charge < -0.3 is 15.5 Å². The lowest BCUT2D eigenvalue weighted by Crippen LogP contribution is -2.32. The molecule has 0 amide bonds. The lowest BCUT2D eigenvalue weighted by molar-refractivity contribution is 0.553. The van der Waals surface area contributed by atoms with Gasteiger partial charge in [-0.05, 0) is 40.3 Å². The predicted octanol–water partition coefficient (Wildman–Crippen LogP) is 5.59. The first-order chi connectivity index (χ1) is 16.5. The van der Waals surface area contributed by atoms with Gasteiger partial charge in [0.15, 0.2) is 5.13 Å². The summed E-state index contributed by atoms with van der Waals surface area (Å²) in [5, 5.41) is 24.5. The van der Waals surface area contributed by atoms with Gasteiger partial charge in [0.1, 0.15) is 0 Å². The third-order valence-electron chi connectivity index (χ3n) is 5.28. The smallest absolute Gasteiger partial charge is 0.205 e. The van der Waals surface area contributed by atoms with E-state index in [1.165, 1.54) is 5.69 Å². The van der Waals surface area contributed by atoms with Gasteiger partial charge >= 0.3 is 0 Å². The second kappa shape index (κ2) is 11.1. The van der Waals surface area contributed by atoms with E-state index in [-0.39, 0.29) is 0 Å². The highest BCUT2D eigenvalue weighted by atomic mass is 32.1. The van der Waals surface area contributed by atoms with Gasteiger partial charge in [-0.25, -0.2) is 4.98 Å². The van der Waals surface area contributed by atoms with Crippen molar-refractivity contribution in [2.24, 2.45) is 11.8 Å². The van der Waals surface area contributed by atoms with E-state index in [0.29, 0.717) is 24.3 Å². The molecule has 4 rings (SSSR count). The van der Waals surface area contributed by atoms with Gasteiger partial charge in [-0.2, -0.15) is 5.21 Å². The summed E-state index contributed by atoms with van der Waals surface area (Å²) in [5.41, 5.74) is 5.37. The van der Waals surface area contributed by atoms with Crippen molar-refractivity contribution in [2.45, 2.75) is 27.7 Å². The minimum Gasteiger partial charge on any atom is -0.369 e. The molecule has 0 saturated carbocycles. The molecule has 0 atom stereocenters. The van der Waals surface area contributed by atoms with Crippen LogP contribution in [0.2, 0.25) is 0 Å². The maximum Gasteiger partial charge on any atom is 0.205 e. The van der Waals surface area contributed by atoms with Crippen LogP contribution in [0, 0.1) is 11.8 Å². The summed E-state index contributed by atoms with van der Waals surface area (Å²) in [4.78, 5) is 6.81. The fourth-order valence-electron chi connectivity index (χ4n) is 4.01. The number of nitrogens with zero attached hydrogens (tertiary/aromatic N) is 5. The Morgan fingerprint density at radius 3 is 2.38 bits per heavy atom. The highest BCUT2D eigenvalue weighted by Gasteiger charge is 2.17. The number of thiazole rings is 1. The van der Waals surface area contributed by atoms with Crippen molar-refractivity contribution in [3.63, 3.8) is 0 Å². The van der Waals surface area contributed by atoms with Crippen LogP contribution in [-0.4, -0.2) is 45.4 Å². The molecule has 0 aliphatic carbocycles. The van der Waals surface area contributed by atoms with Crippen LogP contribution in [0.15, 0.2) is 54.0 Å². The Morgan fingerprint density at radius 2 is 1.74 bits per heavy atom. The van der Waals surface area contributed by atoms with Crippen LogP contribution in [0.1, 0.15) is 27.7 Å². The lowest BCUT2D eigenvalue weighted by Gasteiger charge is -2.31. The molecular weight excluding hydrogens is 444 g/mol. The first-order valence-corrected chi connectivity index (χ1v) is 12.5.